The summed E-state index contributed by atoms with van der Waals surface area (Å²) in [6.45, 7) is 7.05. The van der Waals surface area contributed by atoms with Gasteiger partial charge in [0.15, 0.2) is 5.96 Å². The van der Waals surface area contributed by atoms with Crippen molar-refractivity contribution in [2.45, 2.75) is 63.0 Å². The Morgan fingerprint density at radius 3 is 2.48 bits per heavy atom. The molecule has 3 aromatic rings. The van der Waals surface area contributed by atoms with Crippen molar-refractivity contribution in [3.05, 3.63) is 72.3 Å². The van der Waals surface area contributed by atoms with E-state index in [1.54, 1.807) is 63.2 Å². The van der Waals surface area contributed by atoms with E-state index < -0.39 is 27.6 Å². The van der Waals surface area contributed by atoms with E-state index >= 15 is 0 Å². The van der Waals surface area contributed by atoms with E-state index in [4.69, 9.17) is 9.47 Å². The van der Waals surface area contributed by atoms with Crippen LogP contribution in [0.5, 0.6) is 5.75 Å². The Hall–Kier alpha value is -3.96. The Labute approximate surface area is 246 Å². The van der Waals surface area contributed by atoms with E-state index in [1.165, 1.54) is 6.07 Å². The van der Waals surface area contributed by atoms with Crippen molar-refractivity contribution >= 4 is 38.6 Å². The Bertz CT molecular complexity index is 1530. The molecule has 0 saturated heterocycles. The molecule has 1 heterocycles. The molecule has 11 heteroatoms. The number of nitrogens with zero attached hydrogens (tertiary/aromatic N) is 1. The number of rotatable bonds is 11. The Morgan fingerprint density at radius 1 is 1.02 bits per heavy atom. The maximum Gasteiger partial charge on any atom is 0.325 e. The summed E-state index contributed by atoms with van der Waals surface area (Å²) in [5.41, 5.74) is -0.0752. The van der Waals surface area contributed by atoms with Crippen LogP contribution in [0.4, 0.5) is 0 Å². The molecule has 1 aliphatic heterocycles. The maximum atomic E-state index is 13.5. The average molecular weight is 595 g/mol. The maximum absolute atomic E-state index is 13.5. The van der Waals surface area contributed by atoms with Crippen molar-refractivity contribution in [2.75, 3.05) is 19.7 Å². The lowest BCUT2D eigenvalue weighted by Gasteiger charge is -2.25. The highest BCUT2D eigenvalue weighted by Crippen LogP contribution is 2.24. The predicted molar refractivity (Wildman–Crippen MR) is 162 cm³/mol. The van der Waals surface area contributed by atoms with Crippen LogP contribution in [-0.2, 0) is 30.8 Å². The summed E-state index contributed by atoms with van der Waals surface area (Å²) in [6.07, 6.45) is 1.86. The van der Waals surface area contributed by atoms with Crippen molar-refractivity contribution < 1.29 is 27.5 Å². The fraction of sp³-hybridized carbons (Fsp3) is 0.387. The number of ether oxygens (including phenoxy) is 2. The van der Waals surface area contributed by atoms with Gasteiger partial charge in [0.05, 0.1) is 11.5 Å². The zero-order valence-electron chi connectivity index (χ0n) is 24.2. The molecule has 0 fully saturated rings. The van der Waals surface area contributed by atoms with Gasteiger partial charge in [-0.15, -0.1) is 0 Å². The van der Waals surface area contributed by atoms with Crippen molar-refractivity contribution in [1.82, 2.24) is 15.4 Å². The number of hydrogen-bond acceptors (Lipinski definition) is 8. The standard InChI is InChI=1S/C31H38N4O6S/c1-31(2,3)41-29(37)26(35-42(38,39)27-12-6-10-23-9-4-5-11-25(23)27)21-22-14-16-24(17-15-22)40-20-7-13-28(36)34-30-32-18-8-19-33-30/h4-6,9-12,14-17,26,35H,7-8,13,18-21H2,1-3H3,(H2,32,33,34,36)/t26-/m0/s1. The third-order valence-electron chi connectivity index (χ3n) is 6.36. The molecule has 1 atom stereocenters. The number of fused-ring (bicyclic) bond motifs is 1. The molecule has 0 bridgehead atoms. The first-order valence-corrected chi connectivity index (χ1v) is 15.5. The van der Waals surface area contributed by atoms with Crippen LogP contribution in [0.3, 0.4) is 0 Å². The second-order valence-corrected chi connectivity index (χ2v) is 12.7. The number of nitrogens with one attached hydrogen (secondary N) is 3. The molecule has 0 aromatic heterocycles. The van der Waals surface area contributed by atoms with Gasteiger partial charge in [0.25, 0.3) is 0 Å². The predicted octanol–water partition coefficient (Wildman–Crippen LogP) is 3.70. The third-order valence-corrected chi connectivity index (χ3v) is 7.89. The number of amides is 1. The molecule has 0 spiro atoms. The van der Waals surface area contributed by atoms with E-state index in [-0.39, 0.29) is 17.2 Å². The van der Waals surface area contributed by atoms with Crippen LogP contribution in [0, 0.1) is 0 Å². The van der Waals surface area contributed by atoms with Crippen LogP contribution in [0.2, 0.25) is 0 Å². The van der Waals surface area contributed by atoms with Crippen LogP contribution >= 0.6 is 0 Å². The van der Waals surface area contributed by atoms with E-state index in [0.29, 0.717) is 43.1 Å². The summed E-state index contributed by atoms with van der Waals surface area (Å²) in [6, 6.07) is 18.1. The van der Waals surface area contributed by atoms with Crippen molar-refractivity contribution in [3.63, 3.8) is 0 Å². The number of carbonyl (C=O) groups excluding carboxylic acids is 2. The Morgan fingerprint density at radius 2 is 1.76 bits per heavy atom. The number of esters is 1. The van der Waals surface area contributed by atoms with E-state index in [2.05, 4.69) is 20.3 Å². The Kier molecular flexibility index (Phi) is 10.2. The van der Waals surface area contributed by atoms with Gasteiger partial charge < -0.3 is 14.8 Å². The van der Waals surface area contributed by atoms with Crippen LogP contribution < -0.4 is 20.1 Å². The van der Waals surface area contributed by atoms with Crippen LogP contribution in [-0.4, -0.2) is 57.6 Å². The second-order valence-electron chi connectivity index (χ2n) is 11.0. The summed E-state index contributed by atoms with van der Waals surface area (Å²) in [5.74, 6) is 0.329. The van der Waals surface area contributed by atoms with Crippen LogP contribution in [0.15, 0.2) is 76.6 Å². The molecule has 0 saturated carbocycles. The molecule has 0 aliphatic carbocycles. The minimum atomic E-state index is -4.07. The van der Waals surface area contributed by atoms with Crippen molar-refractivity contribution in [2.24, 2.45) is 4.99 Å². The summed E-state index contributed by atoms with van der Waals surface area (Å²) >= 11 is 0. The lowest BCUT2D eigenvalue weighted by molar-refractivity contribution is -0.156. The SMILES string of the molecule is CC(C)(C)OC(=O)[C@H](Cc1ccc(OCCCC(=O)NC2=NCCCN2)cc1)NS(=O)(=O)c1cccc2ccccc12. The summed E-state index contributed by atoms with van der Waals surface area (Å²) in [4.78, 5) is 29.5. The lowest BCUT2D eigenvalue weighted by Crippen LogP contribution is -2.45. The van der Waals surface area contributed by atoms with Gasteiger partial charge in [0.1, 0.15) is 17.4 Å². The first kappa shape index (κ1) is 31.0. The van der Waals surface area contributed by atoms with Gasteiger partial charge >= 0.3 is 5.97 Å². The quantitative estimate of drug-likeness (QED) is 0.228. The molecule has 3 aromatic carbocycles. The number of carbonyl (C=O) groups is 2. The molecule has 1 aliphatic rings. The van der Waals surface area contributed by atoms with Crippen LogP contribution in [0.25, 0.3) is 10.8 Å². The fourth-order valence-corrected chi connectivity index (χ4v) is 5.83. The topological polar surface area (TPSA) is 135 Å². The second kappa shape index (κ2) is 13.8. The molecular weight excluding hydrogens is 556 g/mol. The number of hydrogen-bond donors (Lipinski definition) is 3. The van der Waals surface area contributed by atoms with E-state index in [1.807, 2.05) is 18.2 Å². The Balaban J connectivity index is 1.38. The van der Waals surface area contributed by atoms with Crippen molar-refractivity contribution in [3.8, 4) is 5.75 Å². The van der Waals surface area contributed by atoms with E-state index in [9.17, 15) is 18.0 Å². The van der Waals surface area contributed by atoms with Crippen LogP contribution in [0.1, 0.15) is 45.6 Å². The minimum Gasteiger partial charge on any atom is -0.494 e. The fourth-order valence-electron chi connectivity index (χ4n) is 4.42. The monoisotopic (exact) mass is 594 g/mol. The zero-order valence-corrected chi connectivity index (χ0v) is 25.0. The average Bonchev–Trinajstić information content (AvgIpc) is 2.95. The number of sulfonamides is 1. The van der Waals surface area contributed by atoms with Gasteiger partial charge in [-0.05, 0) is 69.2 Å². The normalized spacial score (nSPS) is 14.4. The molecular formula is C31H38N4O6S. The first-order chi connectivity index (χ1) is 20.0. The van der Waals surface area contributed by atoms with Crippen molar-refractivity contribution in [1.29, 1.82) is 0 Å². The summed E-state index contributed by atoms with van der Waals surface area (Å²) in [5, 5.41) is 7.15. The highest BCUT2D eigenvalue weighted by Gasteiger charge is 2.31. The zero-order chi connectivity index (χ0) is 30.2. The smallest absolute Gasteiger partial charge is 0.325 e. The van der Waals surface area contributed by atoms with Gasteiger partial charge in [0.2, 0.25) is 15.9 Å². The van der Waals surface area contributed by atoms with Gasteiger partial charge in [-0.3, -0.25) is 19.9 Å². The third kappa shape index (κ3) is 9.02. The molecule has 3 N–H and O–H groups in total. The van der Waals surface area contributed by atoms with Gasteiger partial charge in [-0.2, -0.15) is 4.72 Å². The molecule has 42 heavy (non-hydrogen) atoms. The number of benzene rings is 3. The first-order valence-electron chi connectivity index (χ1n) is 14.0. The molecule has 0 unspecified atom stereocenters. The molecule has 1 amide bonds. The summed E-state index contributed by atoms with van der Waals surface area (Å²) < 4.78 is 40.9. The molecule has 10 nitrogen and oxygen atoms in total. The van der Waals surface area contributed by atoms with Gasteiger partial charge in [-0.25, -0.2) is 8.42 Å². The van der Waals surface area contributed by atoms with Gasteiger partial charge in [-0.1, -0.05) is 48.5 Å². The highest BCUT2D eigenvalue weighted by atomic mass is 32.2. The number of guanidine groups is 1. The minimum absolute atomic E-state index is 0.0806. The van der Waals surface area contributed by atoms with E-state index in [0.717, 1.165) is 23.9 Å². The number of aliphatic imine (C=N–C) groups is 1. The largest absolute Gasteiger partial charge is 0.494 e. The molecule has 224 valence electrons. The lowest BCUT2D eigenvalue weighted by atomic mass is 10.1. The molecule has 4 rings (SSSR count). The summed E-state index contributed by atoms with van der Waals surface area (Å²) in [7, 11) is -4.07. The van der Waals surface area contributed by atoms with Gasteiger partial charge in [0, 0.05) is 24.9 Å². The molecule has 0 radical (unpaired) electrons. The highest BCUT2D eigenvalue weighted by molar-refractivity contribution is 7.89.